The SMILES string of the molecule is CCS(=O)(=O)N1CCC(NC(=O)CCOc2ccc(OC)cc2)CC1. The Morgan fingerprint density at radius 2 is 1.80 bits per heavy atom. The smallest absolute Gasteiger partial charge is 0.223 e. The lowest BCUT2D eigenvalue weighted by Crippen LogP contribution is -2.47. The second-order valence-corrected chi connectivity index (χ2v) is 8.17. The lowest BCUT2D eigenvalue weighted by Gasteiger charge is -2.31. The van der Waals surface area contributed by atoms with Crippen LogP contribution in [-0.4, -0.2) is 57.2 Å². The minimum absolute atomic E-state index is 0.0248. The molecular formula is C17H26N2O5S. The van der Waals surface area contributed by atoms with Crippen LogP contribution in [0, 0.1) is 0 Å². The van der Waals surface area contributed by atoms with Crippen molar-refractivity contribution in [3.63, 3.8) is 0 Å². The molecule has 1 saturated heterocycles. The predicted octanol–water partition coefficient (Wildman–Crippen LogP) is 1.39. The number of carbonyl (C=O) groups excluding carboxylic acids is 1. The van der Waals surface area contributed by atoms with E-state index in [0.29, 0.717) is 38.3 Å². The molecule has 0 saturated carbocycles. The van der Waals surface area contributed by atoms with Gasteiger partial charge in [0.05, 0.1) is 25.9 Å². The van der Waals surface area contributed by atoms with Crippen LogP contribution in [0.2, 0.25) is 0 Å². The number of carbonyl (C=O) groups is 1. The van der Waals surface area contributed by atoms with E-state index in [4.69, 9.17) is 9.47 Å². The molecule has 1 amide bonds. The van der Waals surface area contributed by atoms with Gasteiger partial charge in [0.2, 0.25) is 15.9 Å². The van der Waals surface area contributed by atoms with Crippen molar-refractivity contribution in [2.24, 2.45) is 0 Å². The van der Waals surface area contributed by atoms with Crippen LogP contribution < -0.4 is 14.8 Å². The summed E-state index contributed by atoms with van der Waals surface area (Å²) in [6.45, 7) is 2.86. The average molecular weight is 370 g/mol. The largest absolute Gasteiger partial charge is 0.497 e. The van der Waals surface area contributed by atoms with Crippen molar-refractivity contribution in [3.8, 4) is 11.5 Å². The number of nitrogens with one attached hydrogen (secondary N) is 1. The molecule has 0 atom stereocenters. The van der Waals surface area contributed by atoms with Crippen LogP contribution in [0.3, 0.4) is 0 Å². The van der Waals surface area contributed by atoms with Crippen LogP contribution in [0.1, 0.15) is 26.2 Å². The quantitative estimate of drug-likeness (QED) is 0.748. The fourth-order valence-corrected chi connectivity index (χ4v) is 3.83. The summed E-state index contributed by atoms with van der Waals surface area (Å²) in [4.78, 5) is 12.0. The number of hydrogen-bond donors (Lipinski definition) is 1. The van der Waals surface area contributed by atoms with Crippen LogP contribution >= 0.6 is 0 Å². The molecule has 1 aromatic rings. The number of rotatable bonds is 8. The van der Waals surface area contributed by atoms with Gasteiger partial charge in [-0.3, -0.25) is 4.79 Å². The first-order chi connectivity index (χ1) is 11.9. The summed E-state index contributed by atoms with van der Waals surface area (Å²) in [6, 6.07) is 7.21. The van der Waals surface area contributed by atoms with Crippen LogP contribution in [0.5, 0.6) is 11.5 Å². The maximum Gasteiger partial charge on any atom is 0.223 e. The molecule has 2 rings (SSSR count). The highest BCUT2D eigenvalue weighted by molar-refractivity contribution is 7.89. The van der Waals surface area contributed by atoms with Crippen molar-refractivity contribution in [1.29, 1.82) is 0 Å². The fourth-order valence-electron chi connectivity index (χ4n) is 2.69. The second kappa shape index (κ2) is 9.05. The molecule has 0 aromatic heterocycles. The second-order valence-electron chi connectivity index (χ2n) is 5.92. The van der Waals surface area contributed by atoms with Crippen LogP contribution in [0.25, 0.3) is 0 Å². The minimum Gasteiger partial charge on any atom is -0.497 e. The van der Waals surface area contributed by atoms with E-state index in [-0.39, 0.29) is 24.1 Å². The summed E-state index contributed by atoms with van der Waals surface area (Å²) in [7, 11) is -1.53. The molecule has 1 aliphatic heterocycles. The van der Waals surface area contributed by atoms with Gasteiger partial charge in [-0.05, 0) is 44.0 Å². The Morgan fingerprint density at radius 1 is 1.20 bits per heavy atom. The third-order valence-corrected chi connectivity index (χ3v) is 6.12. The first kappa shape index (κ1) is 19.5. The van der Waals surface area contributed by atoms with Gasteiger partial charge in [0.15, 0.2) is 0 Å². The van der Waals surface area contributed by atoms with Gasteiger partial charge < -0.3 is 14.8 Å². The summed E-state index contributed by atoms with van der Waals surface area (Å²) in [5, 5.41) is 2.95. The molecule has 140 valence electrons. The molecular weight excluding hydrogens is 344 g/mol. The van der Waals surface area contributed by atoms with E-state index >= 15 is 0 Å². The standard InChI is InChI=1S/C17H26N2O5S/c1-3-25(21,22)19-11-8-14(9-12-19)18-17(20)10-13-24-16-6-4-15(23-2)5-7-16/h4-7,14H,3,8-13H2,1-2H3,(H,18,20). The van der Waals surface area contributed by atoms with Gasteiger partial charge >= 0.3 is 0 Å². The maximum absolute atomic E-state index is 12.0. The van der Waals surface area contributed by atoms with Crippen molar-refractivity contribution in [2.45, 2.75) is 32.2 Å². The molecule has 1 N–H and O–H groups in total. The van der Waals surface area contributed by atoms with Crippen molar-refractivity contribution in [2.75, 3.05) is 32.6 Å². The Bertz CT molecular complexity index is 652. The number of methoxy groups -OCH3 is 1. The molecule has 1 fully saturated rings. The number of ether oxygens (including phenoxy) is 2. The number of benzene rings is 1. The van der Waals surface area contributed by atoms with Gasteiger partial charge in [-0.25, -0.2) is 12.7 Å². The molecule has 8 heteroatoms. The lowest BCUT2D eigenvalue weighted by molar-refractivity contribution is -0.122. The van der Waals surface area contributed by atoms with Crippen molar-refractivity contribution in [3.05, 3.63) is 24.3 Å². The molecule has 25 heavy (non-hydrogen) atoms. The van der Waals surface area contributed by atoms with Gasteiger partial charge in [-0.2, -0.15) is 0 Å². The zero-order valence-corrected chi connectivity index (χ0v) is 15.5. The molecule has 0 spiro atoms. The highest BCUT2D eigenvalue weighted by Gasteiger charge is 2.27. The van der Waals surface area contributed by atoms with Crippen LogP contribution in [-0.2, 0) is 14.8 Å². The van der Waals surface area contributed by atoms with Crippen LogP contribution in [0.4, 0.5) is 0 Å². The first-order valence-corrected chi connectivity index (χ1v) is 10.1. The average Bonchev–Trinajstić information content (AvgIpc) is 2.62. The fraction of sp³-hybridized carbons (Fsp3) is 0.588. The van der Waals surface area contributed by atoms with E-state index in [1.54, 1.807) is 38.3 Å². The van der Waals surface area contributed by atoms with E-state index in [0.717, 1.165) is 5.75 Å². The van der Waals surface area contributed by atoms with Gasteiger partial charge in [0.1, 0.15) is 11.5 Å². The summed E-state index contributed by atoms with van der Waals surface area (Å²) < 4.78 is 35.7. The molecule has 1 aromatic carbocycles. The van der Waals surface area contributed by atoms with Gasteiger partial charge in [-0.15, -0.1) is 0 Å². The molecule has 1 heterocycles. The third kappa shape index (κ3) is 5.89. The van der Waals surface area contributed by atoms with Crippen molar-refractivity contribution >= 4 is 15.9 Å². The van der Waals surface area contributed by atoms with E-state index in [2.05, 4.69) is 5.32 Å². The van der Waals surface area contributed by atoms with Crippen LogP contribution in [0.15, 0.2) is 24.3 Å². The number of amides is 1. The number of sulfonamides is 1. The third-order valence-electron chi connectivity index (χ3n) is 4.23. The summed E-state index contributed by atoms with van der Waals surface area (Å²) in [5.41, 5.74) is 0. The molecule has 0 bridgehead atoms. The number of nitrogens with zero attached hydrogens (tertiary/aromatic N) is 1. The first-order valence-electron chi connectivity index (χ1n) is 8.48. The van der Waals surface area contributed by atoms with E-state index < -0.39 is 10.0 Å². The number of hydrogen-bond acceptors (Lipinski definition) is 5. The Hall–Kier alpha value is -1.80. The van der Waals surface area contributed by atoms with Gasteiger partial charge in [0.25, 0.3) is 0 Å². The summed E-state index contributed by atoms with van der Waals surface area (Å²) in [5.74, 6) is 1.48. The van der Waals surface area contributed by atoms with Gasteiger partial charge in [0, 0.05) is 19.1 Å². The molecule has 0 aliphatic carbocycles. The zero-order valence-electron chi connectivity index (χ0n) is 14.7. The topological polar surface area (TPSA) is 84.9 Å². The van der Waals surface area contributed by atoms with Crippen molar-refractivity contribution in [1.82, 2.24) is 9.62 Å². The predicted molar refractivity (Wildman–Crippen MR) is 95.3 cm³/mol. The number of piperidine rings is 1. The Morgan fingerprint density at radius 3 is 2.36 bits per heavy atom. The van der Waals surface area contributed by atoms with E-state index in [1.807, 2.05) is 0 Å². The molecule has 0 unspecified atom stereocenters. The normalized spacial score (nSPS) is 16.4. The Kier molecular flexibility index (Phi) is 7.07. The zero-order chi connectivity index (χ0) is 18.3. The molecule has 7 nitrogen and oxygen atoms in total. The minimum atomic E-state index is -3.13. The summed E-state index contributed by atoms with van der Waals surface area (Å²) in [6.07, 6.45) is 1.55. The van der Waals surface area contributed by atoms with E-state index in [1.165, 1.54) is 4.31 Å². The Balaban J connectivity index is 1.67. The highest BCUT2D eigenvalue weighted by atomic mass is 32.2. The highest BCUT2D eigenvalue weighted by Crippen LogP contribution is 2.17. The Labute approximate surface area is 149 Å². The van der Waals surface area contributed by atoms with E-state index in [9.17, 15) is 13.2 Å². The summed E-state index contributed by atoms with van der Waals surface area (Å²) >= 11 is 0. The maximum atomic E-state index is 12.0. The monoisotopic (exact) mass is 370 g/mol. The van der Waals surface area contributed by atoms with Gasteiger partial charge in [-0.1, -0.05) is 0 Å². The van der Waals surface area contributed by atoms with Crippen molar-refractivity contribution < 1.29 is 22.7 Å². The lowest BCUT2D eigenvalue weighted by atomic mass is 10.1. The molecule has 1 aliphatic rings. The molecule has 0 radical (unpaired) electrons.